The number of hydrogen-bond acceptors (Lipinski definition) is 5. The van der Waals surface area contributed by atoms with Gasteiger partial charge < -0.3 is 14.8 Å². The number of anilines is 1. The summed E-state index contributed by atoms with van der Waals surface area (Å²) in [6, 6.07) is 20.0. The molecule has 0 aliphatic carbocycles. The molecule has 0 bridgehead atoms. The van der Waals surface area contributed by atoms with Gasteiger partial charge in [0.15, 0.2) is 11.5 Å². The number of nitrogens with zero attached hydrogens (tertiary/aromatic N) is 1. The largest absolute Gasteiger partial charge is 0.493 e. The van der Waals surface area contributed by atoms with Crippen molar-refractivity contribution in [2.45, 2.75) is 13.5 Å². The Kier molecular flexibility index (Phi) is 7.83. The highest BCUT2D eigenvalue weighted by Gasteiger charge is 2.14. The highest BCUT2D eigenvalue weighted by atomic mass is 35.5. The van der Waals surface area contributed by atoms with E-state index in [1.807, 2.05) is 30.3 Å². The predicted octanol–water partition coefficient (Wildman–Crippen LogP) is 4.32. The number of benzene rings is 3. The molecule has 3 rings (SSSR count). The molecule has 164 valence electrons. The van der Waals surface area contributed by atoms with Crippen molar-refractivity contribution in [2.24, 2.45) is 5.10 Å². The first-order valence-corrected chi connectivity index (χ1v) is 10.1. The van der Waals surface area contributed by atoms with Crippen LogP contribution in [0.3, 0.4) is 0 Å². The molecule has 7 nitrogen and oxygen atoms in total. The fourth-order valence-electron chi connectivity index (χ4n) is 2.76. The van der Waals surface area contributed by atoms with Crippen LogP contribution in [0.4, 0.5) is 5.69 Å². The van der Waals surface area contributed by atoms with Crippen molar-refractivity contribution < 1.29 is 19.1 Å². The number of rotatable bonds is 7. The fraction of sp³-hybridized carbons (Fsp3) is 0.125. The van der Waals surface area contributed by atoms with Gasteiger partial charge in [-0.1, -0.05) is 48.0 Å². The van der Waals surface area contributed by atoms with E-state index in [1.165, 1.54) is 13.3 Å². The lowest BCUT2D eigenvalue weighted by Gasteiger charge is -2.11. The quantitative estimate of drug-likeness (QED) is 0.318. The molecule has 2 N–H and O–H groups in total. The fourth-order valence-corrected chi connectivity index (χ4v) is 2.93. The van der Waals surface area contributed by atoms with Gasteiger partial charge in [-0.2, -0.15) is 5.10 Å². The average Bonchev–Trinajstić information content (AvgIpc) is 2.81. The molecule has 32 heavy (non-hydrogen) atoms. The van der Waals surface area contributed by atoms with Crippen LogP contribution in [0.2, 0.25) is 5.02 Å². The zero-order valence-corrected chi connectivity index (χ0v) is 18.3. The molecule has 0 aromatic heterocycles. The number of hydrogen-bond donors (Lipinski definition) is 2. The van der Waals surface area contributed by atoms with Crippen molar-refractivity contribution >= 4 is 35.3 Å². The maximum atomic E-state index is 12.1. The number of hydrazone groups is 1. The van der Waals surface area contributed by atoms with Gasteiger partial charge in [0.2, 0.25) is 0 Å². The Morgan fingerprint density at radius 1 is 1.00 bits per heavy atom. The van der Waals surface area contributed by atoms with Crippen molar-refractivity contribution in [3.8, 4) is 11.5 Å². The van der Waals surface area contributed by atoms with E-state index < -0.39 is 11.8 Å². The molecule has 0 spiro atoms. The summed E-state index contributed by atoms with van der Waals surface area (Å²) in [5, 5.41) is 6.83. The number of methoxy groups -OCH3 is 1. The smallest absolute Gasteiger partial charge is 0.329 e. The summed E-state index contributed by atoms with van der Waals surface area (Å²) in [6.07, 6.45) is 1.40. The minimum atomic E-state index is -0.907. The predicted molar refractivity (Wildman–Crippen MR) is 124 cm³/mol. The lowest BCUT2D eigenvalue weighted by molar-refractivity contribution is -0.136. The summed E-state index contributed by atoms with van der Waals surface area (Å²) in [6.45, 7) is 2.15. The van der Waals surface area contributed by atoms with Crippen LogP contribution in [0, 0.1) is 6.92 Å². The second-order valence-corrected chi connectivity index (χ2v) is 7.16. The van der Waals surface area contributed by atoms with Gasteiger partial charge >= 0.3 is 11.8 Å². The Morgan fingerprint density at radius 2 is 1.78 bits per heavy atom. The van der Waals surface area contributed by atoms with E-state index in [2.05, 4.69) is 15.8 Å². The topological polar surface area (TPSA) is 89.0 Å². The third kappa shape index (κ3) is 6.09. The number of carbonyl (C=O) groups excluding carboxylic acids is 2. The van der Waals surface area contributed by atoms with Crippen LogP contribution >= 0.6 is 11.6 Å². The monoisotopic (exact) mass is 451 g/mol. The normalized spacial score (nSPS) is 10.6. The minimum absolute atomic E-state index is 0.405. The van der Waals surface area contributed by atoms with Crippen molar-refractivity contribution in [3.05, 3.63) is 88.4 Å². The molecule has 0 fully saturated rings. The molecule has 0 radical (unpaired) electrons. The second-order valence-electron chi connectivity index (χ2n) is 6.75. The standard InChI is InChI=1S/C24H22ClN3O4/c1-16-19(25)9-6-10-20(16)27-23(29)24(30)28-26-14-18-11-12-21(22(13-18)31-2)32-15-17-7-4-3-5-8-17/h3-14H,15H2,1-2H3,(H,27,29)(H,28,30)/b26-14+. The Hall–Kier alpha value is -3.84. The molecule has 0 saturated heterocycles. The molecular formula is C24H22ClN3O4. The first-order chi connectivity index (χ1) is 15.5. The van der Waals surface area contributed by atoms with Crippen molar-refractivity contribution in [1.82, 2.24) is 5.43 Å². The Morgan fingerprint density at radius 3 is 2.53 bits per heavy atom. The number of halogens is 1. The van der Waals surface area contributed by atoms with Crippen LogP contribution in [-0.2, 0) is 16.2 Å². The molecule has 3 aromatic carbocycles. The van der Waals surface area contributed by atoms with E-state index in [4.69, 9.17) is 21.1 Å². The molecule has 2 amide bonds. The molecule has 3 aromatic rings. The van der Waals surface area contributed by atoms with Crippen LogP contribution in [0.1, 0.15) is 16.7 Å². The summed E-state index contributed by atoms with van der Waals surface area (Å²) in [5.41, 5.74) is 5.01. The van der Waals surface area contributed by atoms with Gasteiger partial charge in [-0.05, 0) is 53.9 Å². The van der Waals surface area contributed by atoms with Crippen LogP contribution in [0.15, 0.2) is 71.8 Å². The van der Waals surface area contributed by atoms with Crippen molar-refractivity contribution in [3.63, 3.8) is 0 Å². The molecule has 0 atom stereocenters. The third-order valence-electron chi connectivity index (χ3n) is 4.53. The van der Waals surface area contributed by atoms with Gasteiger partial charge in [0.05, 0.1) is 13.3 Å². The first-order valence-electron chi connectivity index (χ1n) is 9.72. The number of carbonyl (C=O) groups is 2. The molecule has 0 aliphatic rings. The molecule has 0 unspecified atom stereocenters. The van der Waals surface area contributed by atoms with E-state index in [-0.39, 0.29) is 0 Å². The second kappa shape index (κ2) is 11.0. The molecule has 0 aliphatic heterocycles. The van der Waals surface area contributed by atoms with Gasteiger partial charge in [0, 0.05) is 10.7 Å². The van der Waals surface area contributed by atoms with E-state index in [9.17, 15) is 9.59 Å². The van der Waals surface area contributed by atoms with E-state index in [1.54, 1.807) is 43.3 Å². The Balaban J connectivity index is 1.57. The summed E-state index contributed by atoms with van der Waals surface area (Å²) >= 11 is 6.02. The highest BCUT2D eigenvalue weighted by molar-refractivity contribution is 6.40. The van der Waals surface area contributed by atoms with E-state index >= 15 is 0 Å². The number of nitrogens with one attached hydrogen (secondary N) is 2. The summed E-state index contributed by atoms with van der Waals surface area (Å²) < 4.78 is 11.2. The highest BCUT2D eigenvalue weighted by Crippen LogP contribution is 2.28. The average molecular weight is 452 g/mol. The minimum Gasteiger partial charge on any atom is -0.493 e. The number of amides is 2. The molecular weight excluding hydrogens is 430 g/mol. The molecule has 8 heteroatoms. The van der Waals surface area contributed by atoms with E-state index in [0.29, 0.717) is 39.9 Å². The molecule has 0 saturated carbocycles. The Bertz CT molecular complexity index is 1130. The van der Waals surface area contributed by atoms with Gasteiger partial charge in [-0.25, -0.2) is 5.43 Å². The lowest BCUT2D eigenvalue weighted by atomic mass is 10.2. The summed E-state index contributed by atoms with van der Waals surface area (Å²) in [4.78, 5) is 24.1. The first kappa shape index (κ1) is 22.8. The van der Waals surface area contributed by atoms with Crippen LogP contribution in [-0.4, -0.2) is 25.1 Å². The van der Waals surface area contributed by atoms with Crippen LogP contribution < -0.4 is 20.2 Å². The summed E-state index contributed by atoms with van der Waals surface area (Å²) in [5.74, 6) is -0.663. The van der Waals surface area contributed by atoms with Crippen molar-refractivity contribution in [2.75, 3.05) is 12.4 Å². The third-order valence-corrected chi connectivity index (χ3v) is 4.94. The van der Waals surface area contributed by atoms with Gasteiger partial charge in [-0.3, -0.25) is 9.59 Å². The van der Waals surface area contributed by atoms with Gasteiger partial charge in [0.25, 0.3) is 0 Å². The maximum Gasteiger partial charge on any atom is 0.329 e. The summed E-state index contributed by atoms with van der Waals surface area (Å²) in [7, 11) is 1.54. The zero-order chi connectivity index (χ0) is 22.9. The van der Waals surface area contributed by atoms with Gasteiger partial charge in [0.1, 0.15) is 6.61 Å². The van der Waals surface area contributed by atoms with E-state index in [0.717, 1.165) is 5.56 Å². The Labute approximate surface area is 191 Å². The zero-order valence-electron chi connectivity index (χ0n) is 17.6. The SMILES string of the molecule is COc1cc(/C=N/NC(=O)C(=O)Nc2cccc(Cl)c2C)ccc1OCc1ccccc1. The maximum absolute atomic E-state index is 12.1. The lowest BCUT2D eigenvalue weighted by Crippen LogP contribution is -2.32. The van der Waals surface area contributed by atoms with Gasteiger partial charge in [-0.15, -0.1) is 0 Å². The molecule has 0 heterocycles. The van der Waals surface area contributed by atoms with Crippen LogP contribution in [0.25, 0.3) is 0 Å². The van der Waals surface area contributed by atoms with Crippen LogP contribution in [0.5, 0.6) is 11.5 Å². The van der Waals surface area contributed by atoms with Crippen molar-refractivity contribution in [1.29, 1.82) is 0 Å². The number of ether oxygens (including phenoxy) is 2.